The Morgan fingerprint density at radius 2 is 2.33 bits per heavy atom. The van der Waals surface area contributed by atoms with Crippen LogP contribution in [0.4, 0.5) is 5.82 Å². The number of carbonyl (C=O) groups excluding carboxylic acids is 1. The summed E-state index contributed by atoms with van der Waals surface area (Å²) in [5.74, 6) is 4.16. The van der Waals surface area contributed by atoms with E-state index in [2.05, 4.69) is 4.98 Å². The topological polar surface area (TPSA) is 114 Å². The third-order valence-electron chi connectivity index (χ3n) is 1.28. The van der Waals surface area contributed by atoms with Crippen LogP contribution in [0.25, 0.3) is 0 Å². The van der Waals surface area contributed by atoms with Crippen molar-refractivity contribution >= 4 is 11.7 Å². The standard InChI is InChI=1S/C6H8N4O2/c7-5-4(6(12)10-8)1-3(11)2-9-5/h1-2,11H,8H2,(H2,7,9)(H,10,12). The average Bonchev–Trinajstić information content (AvgIpc) is 2.08. The van der Waals surface area contributed by atoms with Crippen molar-refractivity contribution in [2.45, 2.75) is 0 Å². The number of nitrogens with two attached hydrogens (primary N) is 2. The Hall–Kier alpha value is -1.82. The fourth-order valence-electron chi connectivity index (χ4n) is 0.724. The molecule has 1 amide bonds. The first-order valence-electron chi connectivity index (χ1n) is 3.10. The Labute approximate surface area is 68.2 Å². The summed E-state index contributed by atoms with van der Waals surface area (Å²) in [6.07, 6.45) is 1.14. The molecule has 0 aliphatic carbocycles. The van der Waals surface area contributed by atoms with E-state index in [0.717, 1.165) is 6.20 Å². The van der Waals surface area contributed by atoms with Crippen LogP contribution < -0.4 is 17.0 Å². The second kappa shape index (κ2) is 3.05. The lowest BCUT2D eigenvalue weighted by Gasteiger charge is -2.02. The third kappa shape index (κ3) is 1.43. The van der Waals surface area contributed by atoms with Gasteiger partial charge in [-0.2, -0.15) is 0 Å². The van der Waals surface area contributed by atoms with Crippen LogP contribution in [0, 0.1) is 0 Å². The zero-order valence-corrected chi connectivity index (χ0v) is 6.11. The minimum atomic E-state index is -0.587. The maximum atomic E-state index is 10.9. The number of nitrogens with zero attached hydrogens (tertiary/aromatic N) is 1. The summed E-state index contributed by atoms with van der Waals surface area (Å²) in [4.78, 5) is 14.5. The summed E-state index contributed by atoms with van der Waals surface area (Å²) in [6.45, 7) is 0. The minimum Gasteiger partial charge on any atom is -0.506 e. The van der Waals surface area contributed by atoms with Gasteiger partial charge in [0.05, 0.1) is 11.8 Å². The van der Waals surface area contributed by atoms with Crippen LogP contribution in [-0.2, 0) is 0 Å². The number of hydrazine groups is 1. The van der Waals surface area contributed by atoms with Crippen molar-refractivity contribution in [3.63, 3.8) is 0 Å². The van der Waals surface area contributed by atoms with Gasteiger partial charge in [-0.3, -0.25) is 10.2 Å². The number of hydrogen-bond acceptors (Lipinski definition) is 5. The molecule has 1 aromatic rings. The largest absolute Gasteiger partial charge is 0.506 e. The van der Waals surface area contributed by atoms with E-state index < -0.39 is 5.91 Å². The van der Waals surface area contributed by atoms with Gasteiger partial charge < -0.3 is 10.8 Å². The summed E-state index contributed by atoms with van der Waals surface area (Å²) in [7, 11) is 0. The molecule has 0 aliphatic heterocycles. The van der Waals surface area contributed by atoms with Crippen molar-refractivity contribution in [1.29, 1.82) is 0 Å². The Kier molecular flexibility index (Phi) is 2.11. The van der Waals surface area contributed by atoms with Gasteiger partial charge in [0.2, 0.25) is 0 Å². The van der Waals surface area contributed by atoms with E-state index in [1.807, 2.05) is 5.43 Å². The zero-order valence-electron chi connectivity index (χ0n) is 6.11. The van der Waals surface area contributed by atoms with Crippen LogP contribution in [-0.4, -0.2) is 16.0 Å². The highest BCUT2D eigenvalue weighted by atomic mass is 16.3. The van der Waals surface area contributed by atoms with Crippen LogP contribution in [0.5, 0.6) is 5.75 Å². The highest BCUT2D eigenvalue weighted by Gasteiger charge is 2.09. The normalized spacial score (nSPS) is 9.42. The molecule has 0 fully saturated rings. The predicted molar refractivity (Wildman–Crippen MR) is 42.0 cm³/mol. The lowest BCUT2D eigenvalue weighted by atomic mass is 10.2. The summed E-state index contributed by atoms with van der Waals surface area (Å²) < 4.78 is 0. The van der Waals surface area contributed by atoms with E-state index in [1.165, 1.54) is 6.07 Å². The van der Waals surface area contributed by atoms with E-state index >= 15 is 0 Å². The number of hydrogen-bond donors (Lipinski definition) is 4. The van der Waals surface area contributed by atoms with Crippen molar-refractivity contribution in [1.82, 2.24) is 10.4 Å². The van der Waals surface area contributed by atoms with Gasteiger partial charge in [-0.1, -0.05) is 0 Å². The average molecular weight is 168 g/mol. The quantitative estimate of drug-likeness (QED) is 0.243. The second-order valence-electron chi connectivity index (χ2n) is 2.10. The van der Waals surface area contributed by atoms with E-state index in [4.69, 9.17) is 16.7 Å². The molecule has 0 aliphatic rings. The number of nitrogens with one attached hydrogen (secondary N) is 1. The van der Waals surface area contributed by atoms with Gasteiger partial charge in [0.25, 0.3) is 5.91 Å². The van der Waals surface area contributed by atoms with Gasteiger partial charge in [-0.25, -0.2) is 10.8 Å². The van der Waals surface area contributed by atoms with Crippen molar-refractivity contribution in [3.05, 3.63) is 17.8 Å². The van der Waals surface area contributed by atoms with Crippen molar-refractivity contribution < 1.29 is 9.90 Å². The zero-order chi connectivity index (χ0) is 9.14. The monoisotopic (exact) mass is 168 g/mol. The lowest BCUT2D eigenvalue weighted by molar-refractivity contribution is 0.0954. The summed E-state index contributed by atoms with van der Waals surface area (Å²) >= 11 is 0. The van der Waals surface area contributed by atoms with Gasteiger partial charge in [0, 0.05) is 0 Å². The summed E-state index contributed by atoms with van der Waals surface area (Å²) in [6, 6.07) is 1.19. The SMILES string of the molecule is NNC(=O)c1cc(O)cnc1N. The van der Waals surface area contributed by atoms with Crippen LogP contribution >= 0.6 is 0 Å². The fourth-order valence-corrected chi connectivity index (χ4v) is 0.724. The molecule has 0 spiro atoms. The maximum Gasteiger partial charge on any atom is 0.269 e. The molecular weight excluding hydrogens is 160 g/mol. The first-order chi connectivity index (χ1) is 5.65. The fraction of sp³-hybridized carbons (Fsp3) is 0. The molecule has 0 radical (unpaired) electrons. The first-order valence-corrected chi connectivity index (χ1v) is 3.10. The van der Waals surface area contributed by atoms with E-state index in [9.17, 15) is 4.79 Å². The summed E-state index contributed by atoms with van der Waals surface area (Å²) in [5, 5.41) is 8.94. The van der Waals surface area contributed by atoms with Crippen molar-refractivity contribution in [2.24, 2.45) is 5.84 Å². The molecule has 6 N–H and O–H groups in total. The number of rotatable bonds is 1. The maximum absolute atomic E-state index is 10.9. The number of carbonyl (C=O) groups is 1. The highest BCUT2D eigenvalue weighted by molar-refractivity contribution is 5.98. The second-order valence-corrected chi connectivity index (χ2v) is 2.10. The molecule has 0 saturated heterocycles. The molecule has 0 saturated carbocycles. The predicted octanol–water partition coefficient (Wildman–Crippen LogP) is -1.03. The Bertz CT molecular complexity index is 312. The van der Waals surface area contributed by atoms with Crippen molar-refractivity contribution in [3.8, 4) is 5.75 Å². The van der Waals surface area contributed by atoms with Gasteiger partial charge in [0.15, 0.2) is 0 Å². The molecule has 1 aromatic heterocycles. The Morgan fingerprint density at radius 1 is 1.67 bits per heavy atom. The van der Waals surface area contributed by atoms with Crippen LogP contribution in [0.3, 0.4) is 0 Å². The first kappa shape index (κ1) is 8.28. The molecule has 0 unspecified atom stereocenters. The number of aromatic nitrogens is 1. The van der Waals surface area contributed by atoms with Gasteiger partial charge >= 0.3 is 0 Å². The van der Waals surface area contributed by atoms with E-state index in [1.54, 1.807) is 0 Å². The minimum absolute atomic E-state index is 0.0238. The number of nitrogen functional groups attached to an aromatic ring is 2. The smallest absolute Gasteiger partial charge is 0.269 e. The van der Waals surface area contributed by atoms with E-state index in [0.29, 0.717) is 0 Å². The summed E-state index contributed by atoms with van der Waals surface area (Å²) in [5.41, 5.74) is 7.26. The Morgan fingerprint density at radius 3 is 2.92 bits per heavy atom. The third-order valence-corrected chi connectivity index (χ3v) is 1.28. The highest BCUT2D eigenvalue weighted by Crippen LogP contribution is 2.14. The van der Waals surface area contributed by atoms with E-state index in [-0.39, 0.29) is 17.1 Å². The van der Waals surface area contributed by atoms with Crippen LogP contribution in [0.15, 0.2) is 12.3 Å². The molecule has 6 nitrogen and oxygen atoms in total. The molecule has 1 heterocycles. The molecule has 12 heavy (non-hydrogen) atoms. The number of amides is 1. The molecular formula is C6H8N4O2. The van der Waals surface area contributed by atoms with Gasteiger partial charge in [0.1, 0.15) is 11.6 Å². The molecule has 0 atom stereocenters. The lowest BCUT2D eigenvalue weighted by Crippen LogP contribution is -2.30. The number of aromatic hydroxyl groups is 1. The molecule has 0 aromatic carbocycles. The van der Waals surface area contributed by atoms with Gasteiger partial charge in [-0.05, 0) is 6.07 Å². The number of anilines is 1. The Balaban J connectivity index is 3.13. The van der Waals surface area contributed by atoms with Crippen LogP contribution in [0.1, 0.15) is 10.4 Å². The van der Waals surface area contributed by atoms with Crippen molar-refractivity contribution in [2.75, 3.05) is 5.73 Å². The molecule has 1 rings (SSSR count). The molecule has 0 bridgehead atoms. The molecule has 64 valence electrons. The van der Waals surface area contributed by atoms with Crippen LogP contribution in [0.2, 0.25) is 0 Å². The molecule has 6 heteroatoms. The number of pyridine rings is 1. The van der Waals surface area contributed by atoms with Gasteiger partial charge in [-0.15, -0.1) is 0 Å².